The quantitative estimate of drug-likeness (QED) is 0.232. The lowest BCUT2D eigenvalue weighted by molar-refractivity contribution is -0.139. The summed E-state index contributed by atoms with van der Waals surface area (Å²) in [5.74, 6) is 0.595. The lowest BCUT2D eigenvalue weighted by atomic mass is 9.93. The largest absolute Gasteiger partial charge is 0.489 e. The number of thiazole rings is 1. The number of halogens is 1. The Balaban J connectivity index is 1.50. The Morgan fingerprint density at radius 3 is 2.44 bits per heavy atom. The van der Waals surface area contributed by atoms with Crippen molar-refractivity contribution in [1.82, 2.24) is 4.57 Å². The molecule has 210 valence electrons. The molecule has 0 fully saturated rings. The Bertz CT molecular complexity index is 1780. The number of nitrogens with zero attached hydrogens (tertiary/aromatic N) is 2. The van der Waals surface area contributed by atoms with Gasteiger partial charge in [0.25, 0.3) is 5.56 Å². The van der Waals surface area contributed by atoms with E-state index in [2.05, 4.69) is 18.8 Å². The SMILES string of the molecule is CCOC(=O)C1=C(C)N=c2s/c(=C\c3ccc(OCc4ccccc4Cl)cc3)c(=O)n2[C@H]1c1ccc(C(C)C)cc1. The van der Waals surface area contributed by atoms with Crippen molar-refractivity contribution in [1.29, 1.82) is 0 Å². The van der Waals surface area contributed by atoms with E-state index >= 15 is 0 Å². The normalized spacial score (nSPS) is 15.1. The van der Waals surface area contributed by atoms with Gasteiger partial charge in [0.2, 0.25) is 0 Å². The van der Waals surface area contributed by atoms with Crippen molar-refractivity contribution in [2.75, 3.05) is 6.61 Å². The van der Waals surface area contributed by atoms with Crippen LogP contribution in [0.15, 0.2) is 93.9 Å². The molecule has 0 saturated carbocycles. The van der Waals surface area contributed by atoms with Crippen molar-refractivity contribution >= 4 is 35.0 Å². The summed E-state index contributed by atoms with van der Waals surface area (Å²) in [6.07, 6.45) is 1.84. The number of fused-ring (bicyclic) bond motifs is 1. The summed E-state index contributed by atoms with van der Waals surface area (Å²) in [4.78, 5) is 32.1. The van der Waals surface area contributed by atoms with Crippen LogP contribution in [0.25, 0.3) is 6.08 Å². The molecule has 5 rings (SSSR count). The molecule has 0 radical (unpaired) electrons. The average molecular weight is 587 g/mol. The van der Waals surface area contributed by atoms with Crippen molar-refractivity contribution in [2.45, 2.75) is 46.3 Å². The predicted octanol–water partition coefficient (Wildman–Crippen LogP) is 6.15. The number of carbonyl (C=O) groups is 1. The van der Waals surface area contributed by atoms with Crippen LogP contribution in [0.1, 0.15) is 61.9 Å². The number of rotatable bonds is 8. The second-order valence-corrected chi connectivity index (χ2v) is 11.5. The molecule has 0 bridgehead atoms. The number of benzene rings is 3. The number of esters is 1. The van der Waals surface area contributed by atoms with Gasteiger partial charge < -0.3 is 9.47 Å². The third-order valence-corrected chi connectivity index (χ3v) is 8.32. The summed E-state index contributed by atoms with van der Waals surface area (Å²) in [5, 5.41) is 0.662. The van der Waals surface area contributed by atoms with Gasteiger partial charge in [-0.2, -0.15) is 0 Å². The van der Waals surface area contributed by atoms with E-state index in [4.69, 9.17) is 21.1 Å². The van der Waals surface area contributed by atoms with Crippen LogP contribution in [-0.4, -0.2) is 17.1 Å². The maximum absolute atomic E-state index is 13.8. The van der Waals surface area contributed by atoms with Crippen LogP contribution >= 0.6 is 22.9 Å². The summed E-state index contributed by atoms with van der Waals surface area (Å²) in [6, 6.07) is 22.5. The fourth-order valence-electron chi connectivity index (χ4n) is 4.76. The van der Waals surface area contributed by atoms with Crippen LogP contribution < -0.4 is 19.6 Å². The molecule has 1 aliphatic heterocycles. The maximum atomic E-state index is 13.8. The molecule has 0 saturated heterocycles. The molecule has 0 unspecified atom stereocenters. The summed E-state index contributed by atoms with van der Waals surface area (Å²) < 4.78 is 13.4. The minimum atomic E-state index is -0.630. The van der Waals surface area contributed by atoms with Gasteiger partial charge in [0, 0.05) is 10.6 Å². The van der Waals surface area contributed by atoms with Crippen LogP contribution in [0.3, 0.4) is 0 Å². The zero-order chi connectivity index (χ0) is 29.1. The van der Waals surface area contributed by atoms with E-state index < -0.39 is 12.0 Å². The summed E-state index contributed by atoms with van der Waals surface area (Å²) >= 11 is 7.54. The number of hydrogen-bond donors (Lipinski definition) is 0. The van der Waals surface area contributed by atoms with Gasteiger partial charge in [-0.1, -0.05) is 91.4 Å². The first-order valence-corrected chi connectivity index (χ1v) is 14.7. The zero-order valence-electron chi connectivity index (χ0n) is 23.4. The van der Waals surface area contributed by atoms with Crippen LogP contribution in [0, 0.1) is 0 Å². The highest BCUT2D eigenvalue weighted by atomic mass is 35.5. The predicted molar refractivity (Wildman–Crippen MR) is 163 cm³/mol. The van der Waals surface area contributed by atoms with Gasteiger partial charge in [-0.3, -0.25) is 9.36 Å². The minimum Gasteiger partial charge on any atom is -0.489 e. The molecule has 0 spiro atoms. The van der Waals surface area contributed by atoms with Gasteiger partial charge in [-0.05, 0) is 60.7 Å². The molecular formula is C33H31ClN2O4S. The molecule has 1 aromatic heterocycles. The third-order valence-electron chi connectivity index (χ3n) is 6.97. The molecule has 2 heterocycles. The van der Waals surface area contributed by atoms with Gasteiger partial charge in [-0.25, -0.2) is 9.79 Å². The van der Waals surface area contributed by atoms with E-state index in [1.807, 2.05) is 78.9 Å². The van der Waals surface area contributed by atoms with Crippen LogP contribution in [0.5, 0.6) is 5.75 Å². The van der Waals surface area contributed by atoms with Crippen LogP contribution in [0.4, 0.5) is 0 Å². The molecule has 1 atom stereocenters. The van der Waals surface area contributed by atoms with Gasteiger partial charge in [0.05, 0.1) is 28.5 Å². The van der Waals surface area contributed by atoms with Crippen molar-refractivity contribution in [2.24, 2.45) is 4.99 Å². The van der Waals surface area contributed by atoms with Gasteiger partial charge in [0.1, 0.15) is 12.4 Å². The monoisotopic (exact) mass is 586 g/mol. The highest BCUT2D eigenvalue weighted by molar-refractivity contribution is 7.07. The summed E-state index contributed by atoms with van der Waals surface area (Å²) in [7, 11) is 0. The van der Waals surface area contributed by atoms with Crippen molar-refractivity contribution in [3.05, 3.63) is 131 Å². The van der Waals surface area contributed by atoms with E-state index in [9.17, 15) is 9.59 Å². The molecule has 41 heavy (non-hydrogen) atoms. The first-order valence-electron chi connectivity index (χ1n) is 13.5. The van der Waals surface area contributed by atoms with Gasteiger partial charge in [0.15, 0.2) is 4.80 Å². The Labute approximate surface area is 247 Å². The molecule has 0 amide bonds. The molecule has 0 N–H and O–H groups in total. The van der Waals surface area contributed by atoms with E-state index in [0.29, 0.717) is 43.9 Å². The van der Waals surface area contributed by atoms with Gasteiger partial charge in [-0.15, -0.1) is 0 Å². The standard InChI is InChI=1S/C33H31ClN2O4S/c1-5-39-32(38)29-21(4)35-33-36(30(29)24-14-12-23(13-15-24)20(2)3)31(37)28(41-33)18-22-10-16-26(17-11-22)40-19-25-8-6-7-9-27(25)34/h6-18,20,30H,5,19H2,1-4H3/b28-18-/t30-/m0/s1. The van der Waals surface area contributed by atoms with Crippen molar-refractivity contribution < 1.29 is 14.3 Å². The topological polar surface area (TPSA) is 69.9 Å². The molecule has 0 aliphatic carbocycles. The highest BCUT2D eigenvalue weighted by Gasteiger charge is 2.33. The minimum absolute atomic E-state index is 0.208. The van der Waals surface area contributed by atoms with E-state index in [1.165, 1.54) is 16.9 Å². The Morgan fingerprint density at radius 1 is 1.07 bits per heavy atom. The molecule has 6 nitrogen and oxygen atoms in total. The van der Waals surface area contributed by atoms with Crippen LogP contribution in [-0.2, 0) is 16.1 Å². The Morgan fingerprint density at radius 2 is 1.78 bits per heavy atom. The number of allylic oxidation sites excluding steroid dienone is 1. The third kappa shape index (κ3) is 6.06. The number of carbonyl (C=O) groups excluding carboxylic acids is 1. The van der Waals surface area contributed by atoms with Crippen LogP contribution in [0.2, 0.25) is 5.02 Å². The fourth-order valence-corrected chi connectivity index (χ4v) is 6.00. The second kappa shape index (κ2) is 12.3. The zero-order valence-corrected chi connectivity index (χ0v) is 25.0. The smallest absolute Gasteiger partial charge is 0.338 e. The fraction of sp³-hybridized carbons (Fsp3) is 0.242. The van der Waals surface area contributed by atoms with E-state index in [1.54, 1.807) is 18.4 Å². The van der Waals surface area contributed by atoms with E-state index in [0.717, 1.165) is 16.7 Å². The number of aromatic nitrogens is 1. The number of hydrogen-bond acceptors (Lipinski definition) is 6. The Hall–Kier alpha value is -3.94. The molecule has 1 aliphatic rings. The molecular weight excluding hydrogens is 556 g/mol. The molecule has 8 heteroatoms. The molecule has 3 aromatic carbocycles. The first-order chi connectivity index (χ1) is 19.8. The number of ether oxygens (including phenoxy) is 2. The van der Waals surface area contributed by atoms with Gasteiger partial charge >= 0.3 is 5.97 Å². The lowest BCUT2D eigenvalue weighted by Crippen LogP contribution is -2.39. The van der Waals surface area contributed by atoms with Crippen molar-refractivity contribution in [3.63, 3.8) is 0 Å². The second-order valence-electron chi connectivity index (χ2n) is 10.1. The average Bonchev–Trinajstić information content (AvgIpc) is 3.26. The Kier molecular flexibility index (Phi) is 8.57. The first kappa shape index (κ1) is 28.6. The maximum Gasteiger partial charge on any atom is 0.338 e. The lowest BCUT2D eigenvalue weighted by Gasteiger charge is -2.25. The van der Waals surface area contributed by atoms with E-state index in [-0.39, 0.29) is 12.2 Å². The summed E-state index contributed by atoms with van der Waals surface area (Å²) in [5.41, 5.74) is 4.49. The van der Waals surface area contributed by atoms with Crippen molar-refractivity contribution in [3.8, 4) is 5.75 Å². The summed E-state index contributed by atoms with van der Waals surface area (Å²) in [6.45, 7) is 8.41. The highest BCUT2D eigenvalue weighted by Crippen LogP contribution is 2.31. The molecule has 4 aromatic rings.